The summed E-state index contributed by atoms with van der Waals surface area (Å²) in [6.07, 6.45) is 10.4. The molecule has 0 aromatic heterocycles. The molecule has 1 fully saturated rings. The second-order valence-corrected chi connectivity index (χ2v) is 7.98. The molecular formula is C25H28FNO2. The van der Waals surface area contributed by atoms with Crippen molar-refractivity contribution in [2.75, 3.05) is 0 Å². The standard InChI is InChI=1S/C25H28FNO2/c1-2-3-4-5-18-6-8-19(9-7-18)20-12-14-23(15-13-20)29-25(28)21-10-11-22(17-27)24(26)16-21/h10-16,18-19H,2-9H2,1H3. The van der Waals surface area contributed by atoms with Gasteiger partial charge >= 0.3 is 5.97 Å². The monoisotopic (exact) mass is 393 g/mol. The van der Waals surface area contributed by atoms with Gasteiger partial charge in [0.05, 0.1) is 11.1 Å². The van der Waals surface area contributed by atoms with Gasteiger partial charge in [0, 0.05) is 0 Å². The second kappa shape index (κ2) is 10.2. The van der Waals surface area contributed by atoms with Crippen molar-refractivity contribution in [2.45, 2.75) is 64.2 Å². The van der Waals surface area contributed by atoms with Crippen LogP contribution in [0.25, 0.3) is 0 Å². The van der Waals surface area contributed by atoms with Crippen LogP contribution in [0.1, 0.15) is 85.7 Å². The van der Waals surface area contributed by atoms with Gasteiger partial charge in [0.25, 0.3) is 0 Å². The Balaban J connectivity index is 1.53. The van der Waals surface area contributed by atoms with E-state index in [0.717, 1.165) is 12.0 Å². The van der Waals surface area contributed by atoms with Gasteiger partial charge in [-0.2, -0.15) is 5.26 Å². The molecule has 0 heterocycles. The van der Waals surface area contributed by atoms with Crippen molar-refractivity contribution in [3.05, 3.63) is 65.0 Å². The Labute approximate surface area is 172 Å². The quantitative estimate of drug-likeness (QED) is 0.296. The summed E-state index contributed by atoms with van der Waals surface area (Å²) in [7, 11) is 0. The molecule has 29 heavy (non-hydrogen) atoms. The fraction of sp³-hybridized carbons (Fsp3) is 0.440. The van der Waals surface area contributed by atoms with Crippen molar-refractivity contribution < 1.29 is 13.9 Å². The average Bonchev–Trinajstić information content (AvgIpc) is 2.75. The van der Waals surface area contributed by atoms with Crippen molar-refractivity contribution in [1.29, 1.82) is 5.26 Å². The summed E-state index contributed by atoms with van der Waals surface area (Å²) in [6, 6.07) is 13.1. The average molecular weight is 394 g/mol. The topological polar surface area (TPSA) is 50.1 Å². The van der Waals surface area contributed by atoms with E-state index in [1.165, 1.54) is 69.1 Å². The third-order valence-electron chi connectivity index (χ3n) is 5.95. The number of rotatable bonds is 7. The predicted octanol–water partition coefficient (Wildman–Crippen LogP) is 6.77. The molecule has 0 saturated heterocycles. The summed E-state index contributed by atoms with van der Waals surface area (Å²) in [6.45, 7) is 2.25. The summed E-state index contributed by atoms with van der Waals surface area (Å²) >= 11 is 0. The van der Waals surface area contributed by atoms with E-state index < -0.39 is 11.8 Å². The first-order valence-corrected chi connectivity index (χ1v) is 10.6. The molecule has 1 aliphatic carbocycles. The summed E-state index contributed by atoms with van der Waals surface area (Å²) in [5.74, 6) is 0.550. The minimum atomic E-state index is -0.720. The molecule has 0 bridgehead atoms. The largest absolute Gasteiger partial charge is 0.423 e. The maximum absolute atomic E-state index is 13.7. The molecule has 4 heteroatoms. The molecule has 3 rings (SSSR count). The number of esters is 1. The van der Waals surface area contributed by atoms with E-state index in [0.29, 0.717) is 11.7 Å². The van der Waals surface area contributed by atoms with Crippen LogP contribution in [-0.4, -0.2) is 5.97 Å². The lowest BCUT2D eigenvalue weighted by Gasteiger charge is -2.29. The first-order chi connectivity index (χ1) is 14.1. The smallest absolute Gasteiger partial charge is 0.343 e. The third-order valence-corrected chi connectivity index (χ3v) is 5.95. The normalized spacial score (nSPS) is 18.8. The molecule has 0 aliphatic heterocycles. The number of hydrogen-bond donors (Lipinski definition) is 0. The maximum Gasteiger partial charge on any atom is 0.343 e. The number of ether oxygens (including phenoxy) is 1. The SMILES string of the molecule is CCCCCC1CCC(c2ccc(OC(=O)c3ccc(C#N)c(F)c3)cc2)CC1. The van der Waals surface area contributed by atoms with Gasteiger partial charge in [-0.25, -0.2) is 9.18 Å². The fourth-order valence-electron chi connectivity index (χ4n) is 4.17. The highest BCUT2D eigenvalue weighted by atomic mass is 19.1. The molecular weight excluding hydrogens is 365 g/mol. The van der Waals surface area contributed by atoms with Gasteiger partial charge in [-0.1, -0.05) is 44.7 Å². The van der Waals surface area contributed by atoms with E-state index in [1.54, 1.807) is 18.2 Å². The molecule has 0 radical (unpaired) electrons. The zero-order valence-corrected chi connectivity index (χ0v) is 17.0. The minimum absolute atomic E-state index is 0.0898. The number of unbranched alkanes of at least 4 members (excludes halogenated alkanes) is 2. The van der Waals surface area contributed by atoms with Crippen LogP contribution in [0.4, 0.5) is 4.39 Å². The lowest BCUT2D eigenvalue weighted by atomic mass is 9.77. The molecule has 0 N–H and O–H groups in total. The van der Waals surface area contributed by atoms with Crippen LogP contribution in [0.5, 0.6) is 5.75 Å². The van der Waals surface area contributed by atoms with Crippen LogP contribution >= 0.6 is 0 Å². The van der Waals surface area contributed by atoms with Crippen LogP contribution in [0.15, 0.2) is 42.5 Å². The predicted molar refractivity (Wildman–Crippen MR) is 111 cm³/mol. The number of benzene rings is 2. The molecule has 2 aromatic carbocycles. The van der Waals surface area contributed by atoms with Crippen molar-refractivity contribution >= 4 is 5.97 Å². The van der Waals surface area contributed by atoms with E-state index in [-0.39, 0.29) is 11.1 Å². The zero-order chi connectivity index (χ0) is 20.6. The number of nitrogens with zero attached hydrogens (tertiary/aromatic N) is 1. The minimum Gasteiger partial charge on any atom is -0.423 e. The van der Waals surface area contributed by atoms with E-state index >= 15 is 0 Å². The van der Waals surface area contributed by atoms with Crippen LogP contribution in [-0.2, 0) is 0 Å². The Morgan fingerprint density at radius 2 is 1.83 bits per heavy atom. The molecule has 0 spiro atoms. The van der Waals surface area contributed by atoms with Crippen LogP contribution in [0, 0.1) is 23.1 Å². The zero-order valence-electron chi connectivity index (χ0n) is 17.0. The van der Waals surface area contributed by atoms with Crippen molar-refractivity contribution in [3.8, 4) is 11.8 Å². The van der Waals surface area contributed by atoms with Gasteiger partial charge in [-0.15, -0.1) is 0 Å². The van der Waals surface area contributed by atoms with Gasteiger partial charge in [0.1, 0.15) is 17.6 Å². The Bertz CT molecular complexity index is 861. The van der Waals surface area contributed by atoms with Gasteiger partial charge in [0.2, 0.25) is 0 Å². The molecule has 0 atom stereocenters. The van der Waals surface area contributed by atoms with E-state index in [1.807, 2.05) is 12.1 Å². The van der Waals surface area contributed by atoms with Crippen LogP contribution < -0.4 is 4.74 Å². The summed E-state index contributed by atoms with van der Waals surface area (Å²) < 4.78 is 19.0. The second-order valence-electron chi connectivity index (χ2n) is 7.98. The lowest BCUT2D eigenvalue weighted by Crippen LogP contribution is -2.13. The number of halogens is 1. The Morgan fingerprint density at radius 1 is 1.10 bits per heavy atom. The van der Waals surface area contributed by atoms with E-state index in [2.05, 4.69) is 6.92 Å². The lowest BCUT2D eigenvalue weighted by molar-refractivity contribution is 0.0734. The molecule has 152 valence electrons. The number of hydrogen-bond acceptors (Lipinski definition) is 3. The highest BCUT2D eigenvalue weighted by Crippen LogP contribution is 2.38. The first kappa shape index (κ1) is 21.0. The summed E-state index contributed by atoms with van der Waals surface area (Å²) in [5.41, 5.74) is 1.29. The molecule has 0 unspecified atom stereocenters. The highest BCUT2D eigenvalue weighted by Gasteiger charge is 2.22. The maximum atomic E-state index is 13.7. The first-order valence-electron chi connectivity index (χ1n) is 10.6. The van der Waals surface area contributed by atoms with Crippen LogP contribution in [0.3, 0.4) is 0 Å². The molecule has 2 aromatic rings. The van der Waals surface area contributed by atoms with Gasteiger partial charge < -0.3 is 4.74 Å². The highest BCUT2D eigenvalue weighted by molar-refractivity contribution is 5.91. The molecule has 1 aliphatic rings. The molecule has 3 nitrogen and oxygen atoms in total. The number of nitriles is 1. The summed E-state index contributed by atoms with van der Waals surface area (Å²) in [4.78, 5) is 12.2. The molecule has 1 saturated carbocycles. The summed E-state index contributed by atoms with van der Waals surface area (Å²) in [5, 5.41) is 8.77. The van der Waals surface area contributed by atoms with E-state index in [9.17, 15) is 9.18 Å². The van der Waals surface area contributed by atoms with Crippen LogP contribution in [0.2, 0.25) is 0 Å². The van der Waals surface area contributed by atoms with Crippen molar-refractivity contribution in [1.82, 2.24) is 0 Å². The fourth-order valence-corrected chi connectivity index (χ4v) is 4.17. The third kappa shape index (κ3) is 5.67. The Kier molecular flexibility index (Phi) is 7.41. The van der Waals surface area contributed by atoms with Crippen molar-refractivity contribution in [3.63, 3.8) is 0 Å². The number of carbonyl (C=O) groups excluding carboxylic acids is 1. The Morgan fingerprint density at radius 3 is 2.45 bits per heavy atom. The van der Waals surface area contributed by atoms with E-state index in [4.69, 9.17) is 10.00 Å². The van der Waals surface area contributed by atoms with Gasteiger partial charge in [0.15, 0.2) is 0 Å². The molecule has 0 amide bonds. The van der Waals surface area contributed by atoms with Gasteiger partial charge in [-0.3, -0.25) is 0 Å². The Hall–Kier alpha value is -2.67. The number of carbonyl (C=O) groups is 1. The van der Waals surface area contributed by atoms with Crippen molar-refractivity contribution in [2.24, 2.45) is 5.92 Å². The van der Waals surface area contributed by atoms with Gasteiger partial charge in [-0.05, 0) is 73.4 Å².